The van der Waals surface area contributed by atoms with E-state index in [2.05, 4.69) is 10.0 Å². The third kappa shape index (κ3) is 6.51. The van der Waals surface area contributed by atoms with Gasteiger partial charge in [0, 0.05) is 5.56 Å². The van der Waals surface area contributed by atoms with Crippen molar-refractivity contribution < 1.29 is 36.7 Å². The minimum atomic E-state index is -3.82. The number of imide groups is 1. The predicted molar refractivity (Wildman–Crippen MR) is 115 cm³/mol. The van der Waals surface area contributed by atoms with Crippen LogP contribution in [0.25, 0.3) is 0 Å². The van der Waals surface area contributed by atoms with Crippen molar-refractivity contribution in [1.82, 2.24) is 10.0 Å². The minimum Gasteiger partial charge on any atom is -0.497 e. The Balaban J connectivity index is 1.50. The second kappa shape index (κ2) is 10.6. The number of amides is 2. The van der Waals surface area contributed by atoms with Gasteiger partial charge in [0.1, 0.15) is 11.5 Å². The van der Waals surface area contributed by atoms with Crippen LogP contribution in [0.3, 0.4) is 0 Å². The second-order valence-corrected chi connectivity index (χ2v) is 8.38. The van der Waals surface area contributed by atoms with E-state index < -0.39 is 34.4 Å². The van der Waals surface area contributed by atoms with Crippen molar-refractivity contribution >= 4 is 27.8 Å². The van der Waals surface area contributed by atoms with Crippen LogP contribution in [0, 0.1) is 0 Å². The molecule has 0 atom stereocenters. The molecule has 1 heterocycles. The van der Waals surface area contributed by atoms with Crippen LogP contribution in [0.5, 0.6) is 5.75 Å². The Kier molecular flexibility index (Phi) is 7.59. The van der Waals surface area contributed by atoms with Gasteiger partial charge in [-0.3, -0.25) is 14.9 Å². The first-order chi connectivity index (χ1) is 15.8. The molecule has 0 bridgehead atoms. The van der Waals surface area contributed by atoms with Crippen LogP contribution in [0.15, 0.2) is 76.2 Å². The van der Waals surface area contributed by atoms with Crippen LogP contribution in [-0.4, -0.2) is 39.9 Å². The van der Waals surface area contributed by atoms with E-state index in [1.807, 2.05) is 0 Å². The van der Waals surface area contributed by atoms with Crippen LogP contribution in [-0.2, 0) is 26.1 Å². The molecule has 0 saturated heterocycles. The van der Waals surface area contributed by atoms with Crippen molar-refractivity contribution in [2.75, 3.05) is 13.7 Å². The molecule has 2 aromatic carbocycles. The molecule has 0 saturated carbocycles. The van der Waals surface area contributed by atoms with Gasteiger partial charge in [0.25, 0.3) is 11.8 Å². The molecule has 0 spiro atoms. The highest BCUT2D eigenvalue weighted by molar-refractivity contribution is 7.89. The Morgan fingerprint density at radius 1 is 0.939 bits per heavy atom. The highest BCUT2D eigenvalue weighted by atomic mass is 32.2. The Bertz CT molecular complexity index is 1220. The van der Waals surface area contributed by atoms with Gasteiger partial charge in [0.05, 0.1) is 30.4 Å². The molecule has 11 heteroatoms. The molecule has 1 aromatic heterocycles. The fourth-order valence-electron chi connectivity index (χ4n) is 2.62. The van der Waals surface area contributed by atoms with Gasteiger partial charge in [0.15, 0.2) is 6.61 Å². The van der Waals surface area contributed by atoms with Crippen molar-refractivity contribution in [3.8, 4) is 5.75 Å². The predicted octanol–water partition coefficient (Wildman–Crippen LogP) is 1.88. The number of sulfonamides is 1. The van der Waals surface area contributed by atoms with Gasteiger partial charge in [-0.15, -0.1) is 0 Å². The monoisotopic (exact) mass is 472 g/mol. The lowest BCUT2D eigenvalue weighted by Gasteiger charge is -2.08. The van der Waals surface area contributed by atoms with Crippen molar-refractivity contribution in [2.24, 2.45) is 0 Å². The molecule has 0 unspecified atom stereocenters. The van der Waals surface area contributed by atoms with E-state index in [1.54, 1.807) is 24.3 Å². The van der Waals surface area contributed by atoms with Crippen molar-refractivity contribution in [1.29, 1.82) is 0 Å². The molecule has 0 aliphatic rings. The first kappa shape index (κ1) is 23.7. The summed E-state index contributed by atoms with van der Waals surface area (Å²) < 4.78 is 42.0. The molecule has 33 heavy (non-hydrogen) atoms. The molecule has 0 aliphatic heterocycles. The van der Waals surface area contributed by atoms with E-state index in [4.69, 9.17) is 13.9 Å². The summed E-state index contributed by atoms with van der Waals surface area (Å²) in [6, 6.07) is 14.3. The van der Waals surface area contributed by atoms with E-state index in [0.29, 0.717) is 11.5 Å². The third-order valence-corrected chi connectivity index (χ3v) is 5.77. The number of methoxy groups -OCH3 is 1. The zero-order chi connectivity index (χ0) is 23.8. The fraction of sp³-hybridized carbons (Fsp3) is 0.136. The largest absolute Gasteiger partial charge is 0.497 e. The number of carbonyl (C=O) groups excluding carboxylic acids is 3. The molecule has 3 rings (SSSR count). The molecule has 0 aliphatic carbocycles. The molecule has 172 valence electrons. The summed E-state index contributed by atoms with van der Waals surface area (Å²) in [6.45, 7) is -0.713. The summed E-state index contributed by atoms with van der Waals surface area (Å²) in [5, 5.41) is 2.10. The number of benzene rings is 2. The first-order valence-corrected chi connectivity index (χ1v) is 11.0. The van der Waals surface area contributed by atoms with E-state index in [-0.39, 0.29) is 22.6 Å². The summed E-state index contributed by atoms with van der Waals surface area (Å²) in [6.07, 6.45) is 1.43. The van der Waals surface area contributed by atoms with E-state index >= 15 is 0 Å². The maximum atomic E-state index is 12.3. The van der Waals surface area contributed by atoms with Crippen molar-refractivity contribution in [3.63, 3.8) is 0 Å². The number of furan rings is 1. The van der Waals surface area contributed by atoms with Crippen molar-refractivity contribution in [2.45, 2.75) is 11.4 Å². The number of carbonyl (C=O) groups is 3. The average molecular weight is 472 g/mol. The lowest BCUT2D eigenvalue weighted by atomic mass is 10.2. The van der Waals surface area contributed by atoms with Gasteiger partial charge in [0.2, 0.25) is 10.0 Å². The summed E-state index contributed by atoms with van der Waals surface area (Å²) >= 11 is 0. The van der Waals surface area contributed by atoms with Crippen LogP contribution < -0.4 is 14.8 Å². The lowest BCUT2D eigenvalue weighted by molar-refractivity contribution is -0.123. The van der Waals surface area contributed by atoms with Gasteiger partial charge >= 0.3 is 5.97 Å². The summed E-state index contributed by atoms with van der Waals surface area (Å²) in [5.41, 5.74) is 0.266. The van der Waals surface area contributed by atoms with Crippen LogP contribution >= 0.6 is 0 Å². The fourth-order valence-corrected chi connectivity index (χ4v) is 3.62. The van der Waals surface area contributed by atoms with Gasteiger partial charge in [-0.2, -0.15) is 0 Å². The number of rotatable bonds is 9. The zero-order valence-electron chi connectivity index (χ0n) is 17.4. The number of esters is 1. The van der Waals surface area contributed by atoms with Crippen LogP contribution in [0.1, 0.15) is 26.5 Å². The van der Waals surface area contributed by atoms with Crippen LogP contribution in [0.4, 0.5) is 0 Å². The number of hydrogen-bond donors (Lipinski definition) is 2. The molecule has 3 aromatic rings. The van der Waals surface area contributed by atoms with Gasteiger partial charge in [-0.05, 0) is 60.7 Å². The topological polar surface area (TPSA) is 141 Å². The number of hydrogen-bond acceptors (Lipinski definition) is 8. The zero-order valence-corrected chi connectivity index (χ0v) is 18.3. The maximum Gasteiger partial charge on any atom is 0.338 e. The highest BCUT2D eigenvalue weighted by Crippen LogP contribution is 2.13. The molecular weight excluding hydrogens is 452 g/mol. The quantitative estimate of drug-likeness (QED) is 0.450. The van der Waals surface area contributed by atoms with Crippen LogP contribution in [0.2, 0.25) is 0 Å². The lowest BCUT2D eigenvalue weighted by Crippen LogP contribution is -2.34. The average Bonchev–Trinajstić information content (AvgIpc) is 3.35. The number of ether oxygens (including phenoxy) is 2. The smallest absolute Gasteiger partial charge is 0.338 e. The summed E-state index contributed by atoms with van der Waals surface area (Å²) in [7, 11) is -2.34. The summed E-state index contributed by atoms with van der Waals surface area (Å²) in [4.78, 5) is 36.0. The normalized spacial score (nSPS) is 10.9. The molecule has 0 radical (unpaired) electrons. The van der Waals surface area contributed by atoms with Gasteiger partial charge in [-0.25, -0.2) is 17.9 Å². The van der Waals surface area contributed by atoms with Crippen molar-refractivity contribution in [3.05, 3.63) is 83.8 Å². The Labute approximate surface area is 189 Å². The highest BCUT2D eigenvalue weighted by Gasteiger charge is 2.17. The third-order valence-electron chi connectivity index (χ3n) is 4.36. The standard InChI is InChI=1S/C22H20N2O8S/c1-30-17-8-4-15(5-9-17)21(26)24-20(25)14-32-22(27)16-6-10-19(11-7-16)33(28,29)23-13-18-3-2-12-31-18/h2-12,23H,13-14H2,1H3,(H,24,25,26). The second-order valence-electron chi connectivity index (χ2n) is 6.61. The first-order valence-electron chi connectivity index (χ1n) is 9.56. The molecule has 0 fully saturated rings. The Hall–Kier alpha value is -3.96. The molecule has 2 N–H and O–H groups in total. The van der Waals surface area contributed by atoms with Gasteiger partial charge < -0.3 is 13.9 Å². The number of nitrogens with one attached hydrogen (secondary N) is 2. The summed E-state index contributed by atoms with van der Waals surface area (Å²) in [5.74, 6) is -1.32. The maximum absolute atomic E-state index is 12.3. The van der Waals surface area contributed by atoms with E-state index in [1.165, 1.54) is 49.8 Å². The molecular formula is C22H20N2O8S. The van der Waals surface area contributed by atoms with E-state index in [0.717, 1.165) is 0 Å². The molecule has 10 nitrogen and oxygen atoms in total. The van der Waals surface area contributed by atoms with Gasteiger partial charge in [-0.1, -0.05) is 0 Å². The molecule has 2 amide bonds. The Morgan fingerprint density at radius 2 is 1.61 bits per heavy atom. The minimum absolute atomic E-state index is 0.0243. The van der Waals surface area contributed by atoms with E-state index in [9.17, 15) is 22.8 Å². The Morgan fingerprint density at radius 3 is 2.21 bits per heavy atom. The SMILES string of the molecule is COc1ccc(C(=O)NC(=O)COC(=O)c2ccc(S(=O)(=O)NCc3ccco3)cc2)cc1.